The second-order valence-corrected chi connectivity index (χ2v) is 4.74. The van der Waals surface area contributed by atoms with Gasteiger partial charge in [-0.3, -0.25) is 0 Å². The Morgan fingerprint density at radius 2 is 1.65 bits per heavy atom. The molecular weight excluding hydrogens is 260 g/mol. The summed E-state index contributed by atoms with van der Waals surface area (Å²) in [5.74, 6) is -1.08. The molecule has 5 heteroatoms. The monoisotopic (exact) mass is 272 g/mol. The van der Waals surface area contributed by atoms with Crippen molar-refractivity contribution in [2.24, 2.45) is 0 Å². The number of rotatable bonds is 1. The van der Waals surface area contributed by atoms with Crippen LogP contribution in [0.5, 0.6) is 17.2 Å². The van der Waals surface area contributed by atoms with Crippen LogP contribution in [0.3, 0.4) is 0 Å². The van der Waals surface area contributed by atoms with Gasteiger partial charge in [0.05, 0.1) is 16.7 Å². The SMILES string of the molecule is Cc1cc(O)c(C2OC(=O)c3cccc(O)c32)c(O)c1. The van der Waals surface area contributed by atoms with Crippen LogP contribution in [-0.4, -0.2) is 21.3 Å². The van der Waals surface area contributed by atoms with Gasteiger partial charge in [0.15, 0.2) is 6.10 Å². The van der Waals surface area contributed by atoms with Gasteiger partial charge in [-0.25, -0.2) is 4.79 Å². The van der Waals surface area contributed by atoms with E-state index >= 15 is 0 Å². The van der Waals surface area contributed by atoms with Gasteiger partial charge in [-0.2, -0.15) is 0 Å². The van der Waals surface area contributed by atoms with Crippen molar-refractivity contribution in [3.05, 3.63) is 52.6 Å². The molecule has 102 valence electrons. The van der Waals surface area contributed by atoms with E-state index in [1.165, 1.54) is 30.3 Å². The smallest absolute Gasteiger partial charge is 0.339 e. The number of benzene rings is 2. The van der Waals surface area contributed by atoms with Crippen LogP contribution in [0.15, 0.2) is 30.3 Å². The van der Waals surface area contributed by atoms with E-state index in [0.717, 1.165) is 0 Å². The van der Waals surface area contributed by atoms with Gasteiger partial charge in [-0.1, -0.05) is 6.07 Å². The normalized spacial score (nSPS) is 16.9. The van der Waals surface area contributed by atoms with Gasteiger partial charge in [0, 0.05) is 0 Å². The fourth-order valence-electron chi connectivity index (χ4n) is 2.47. The number of cyclic esters (lactones) is 1. The Balaban J connectivity index is 2.23. The van der Waals surface area contributed by atoms with Crippen LogP contribution in [0.1, 0.15) is 33.2 Å². The molecule has 0 aliphatic carbocycles. The number of phenolic OH excluding ortho intramolecular Hbond substituents is 3. The second-order valence-electron chi connectivity index (χ2n) is 4.74. The molecule has 1 heterocycles. The number of hydrogen-bond donors (Lipinski definition) is 3. The maximum Gasteiger partial charge on any atom is 0.339 e. The van der Waals surface area contributed by atoms with Gasteiger partial charge in [0.2, 0.25) is 0 Å². The molecule has 1 unspecified atom stereocenters. The maximum atomic E-state index is 11.8. The van der Waals surface area contributed by atoms with Gasteiger partial charge in [0.1, 0.15) is 17.2 Å². The van der Waals surface area contributed by atoms with E-state index in [1.807, 2.05) is 0 Å². The standard InChI is InChI=1S/C15H12O5/c1-7-5-10(17)13(11(18)6-7)14-12-8(15(19)20-14)3-2-4-9(12)16/h2-6,14,16-18H,1H3. The number of esters is 1. The molecule has 2 aromatic carbocycles. The van der Waals surface area contributed by atoms with Gasteiger partial charge >= 0.3 is 5.97 Å². The van der Waals surface area contributed by atoms with Crippen LogP contribution in [0, 0.1) is 6.92 Å². The highest BCUT2D eigenvalue weighted by Crippen LogP contribution is 2.46. The maximum absolute atomic E-state index is 11.8. The van der Waals surface area contributed by atoms with Crippen molar-refractivity contribution in [3.63, 3.8) is 0 Å². The fraction of sp³-hybridized carbons (Fsp3) is 0.133. The lowest BCUT2D eigenvalue weighted by atomic mass is 9.96. The van der Waals surface area contributed by atoms with E-state index < -0.39 is 12.1 Å². The number of hydrogen-bond acceptors (Lipinski definition) is 5. The van der Waals surface area contributed by atoms with Gasteiger partial charge in [-0.05, 0) is 36.8 Å². The molecule has 1 aliphatic heterocycles. The Labute approximate surface area is 114 Å². The zero-order chi connectivity index (χ0) is 14.4. The molecule has 1 atom stereocenters. The summed E-state index contributed by atoms with van der Waals surface area (Å²) in [6, 6.07) is 7.41. The number of carbonyl (C=O) groups excluding carboxylic acids is 1. The second kappa shape index (κ2) is 4.16. The van der Waals surface area contributed by atoms with Crippen LogP contribution >= 0.6 is 0 Å². The van der Waals surface area contributed by atoms with E-state index in [9.17, 15) is 20.1 Å². The van der Waals surface area contributed by atoms with E-state index in [4.69, 9.17) is 4.74 Å². The Morgan fingerprint density at radius 1 is 1.00 bits per heavy atom. The molecule has 0 amide bonds. The summed E-state index contributed by atoms with van der Waals surface area (Å²) in [7, 11) is 0. The van der Waals surface area contributed by atoms with Crippen molar-refractivity contribution in [3.8, 4) is 17.2 Å². The Hall–Kier alpha value is -2.69. The first kappa shape index (κ1) is 12.3. The number of fused-ring (bicyclic) bond motifs is 1. The highest BCUT2D eigenvalue weighted by atomic mass is 16.6. The average molecular weight is 272 g/mol. The van der Waals surface area contributed by atoms with E-state index in [0.29, 0.717) is 5.56 Å². The summed E-state index contributed by atoms with van der Waals surface area (Å²) in [6.45, 7) is 1.72. The average Bonchev–Trinajstić information content (AvgIpc) is 2.67. The third-order valence-corrected chi connectivity index (χ3v) is 3.33. The molecule has 0 aromatic heterocycles. The molecule has 5 nitrogen and oxygen atoms in total. The highest BCUT2D eigenvalue weighted by Gasteiger charge is 2.37. The summed E-state index contributed by atoms with van der Waals surface area (Å²) in [6.07, 6.45) is -1.01. The van der Waals surface area contributed by atoms with E-state index in [1.54, 1.807) is 6.92 Å². The lowest BCUT2D eigenvalue weighted by Gasteiger charge is -2.15. The summed E-state index contributed by atoms with van der Waals surface area (Å²) in [4.78, 5) is 11.8. The summed E-state index contributed by atoms with van der Waals surface area (Å²) >= 11 is 0. The summed E-state index contributed by atoms with van der Waals surface area (Å²) in [5.41, 5.74) is 1.23. The lowest BCUT2D eigenvalue weighted by Crippen LogP contribution is -2.02. The first-order chi connectivity index (χ1) is 9.49. The molecule has 1 aliphatic rings. The fourth-order valence-corrected chi connectivity index (χ4v) is 2.47. The van der Waals surface area contributed by atoms with Gasteiger partial charge in [-0.15, -0.1) is 0 Å². The number of carbonyl (C=O) groups is 1. The van der Waals surface area contributed by atoms with Crippen LogP contribution in [0.2, 0.25) is 0 Å². The van der Waals surface area contributed by atoms with Crippen LogP contribution in [-0.2, 0) is 4.74 Å². The number of ether oxygens (including phenoxy) is 1. The van der Waals surface area contributed by atoms with Crippen molar-refractivity contribution in [1.29, 1.82) is 0 Å². The van der Waals surface area contributed by atoms with E-state index in [-0.39, 0.29) is 33.9 Å². The predicted molar refractivity (Wildman–Crippen MR) is 69.9 cm³/mol. The third kappa shape index (κ3) is 1.67. The Bertz CT molecular complexity index is 697. The summed E-state index contributed by atoms with van der Waals surface area (Å²) in [5, 5.41) is 29.9. The minimum Gasteiger partial charge on any atom is -0.507 e. The Morgan fingerprint density at radius 3 is 2.30 bits per heavy atom. The third-order valence-electron chi connectivity index (χ3n) is 3.33. The largest absolute Gasteiger partial charge is 0.507 e. The molecule has 20 heavy (non-hydrogen) atoms. The molecule has 0 saturated carbocycles. The minimum atomic E-state index is -1.01. The quantitative estimate of drug-likeness (QED) is 0.694. The highest BCUT2D eigenvalue weighted by molar-refractivity contribution is 5.95. The Kier molecular flexibility index (Phi) is 2.57. The number of phenols is 3. The van der Waals surface area contributed by atoms with Crippen LogP contribution in [0.25, 0.3) is 0 Å². The first-order valence-corrected chi connectivity index (χ1v) is 6.04. The van der Waals surface area contributed by atoms with Gasteiger partial charge in [0.25, 0.3) is 0 Å². The zero-order valence-corrected chi connectivity index (χ0v) is 10.6. The topological polar surface area (TPSA) is 87.0 Å². The molecular formula is C15H12O5. The number of aromatic hydroxyl groups is 3. The molecule has 0 bridgehead atoms. The molecule has 3 N–H and O–H groups in total. The van der Waals surface area contributed by atoms with Crippen molar-refractivity contribution in [2.75, 3.05) is 0 Å². The van der Waals surface area contributed by atoms with Crippen LogP contribution < -0.4 is 0 Å². The van der Waals surface area contributed by atoms with E-state index in [2.05, 4.69) is 0 Å². The van der Waals surface area contributed by atoms with Gasteiger partial charge < -0.3 is 20.1 Å². The molecule has 2 aromatic rings. The number of aryl methyl sites for hydroxylation is 1. The predicted octanol–water partition coefficient (Wildman–Crippen LogP) is 2.37. The van der Waals surface area contributed by atoms with Crippen LogP contribution in [0.4, 0.5) is 0 Å². The first-order valence-electron chi connectivity index (χ1n) is 6.04. The summed E-state index contributed by atoms with van der Waals surface area (Å²) < 4.78 is 5.18. The molecule has 3 rings (SSSR count). The van der Waals surface area contributed by atoms with Crippen molar-refractivity contribution < 1.29 is 24.9 Å². The lowest BCUT2D eigenvalue weighted by molar-refractivity contribution is 0.0448. The molecule has 0 fully saturated rings. The van der Waals surface area contributed by atoms with Crippen molar-refractivity contribution >= 4 is 5.97 Å². The zero-order valence-electron chi connectivity index (χ0n) is 10.6. The minimum absolute atomic E-state index is 0.0733. The van der Waals surface area contributed by atoms with Crippen molar-refractivity contribution in [1.82, 2.24) is 0 Å². The molecule has 0 radical (unpaired) electrons. The molecule has 0 spiro atoms. The van der Waals surface area contributed by atoms with Crippen molar-refractivity contribution in [2.45, 2.75) is 13.0 Å². The molecule has 0 saturated heterocycles.